The van der Waals surface area contributed by atoms with Crippen LogP contribution in [0.15, 0.2) is 10.3 Å². The first-order valence-electron chi connectivity index (χ1n) is 7.38. The van der Waals surface area contributed by atoms with Gasteiger partial charge in [-0.25, -0.2) is 4.98 Å². The van der Waals surface area contributed by atoms with E-state index in [1.54, 1.807) is 16.8 Å². The molecule has 0 bridgehead atoms. The maximum Gasteiger partial charge on any atom is 0.259 e. The van der Waals surface area contributed by atoms with Crippen molar-refractivity contribution in [1.82, 2.24) is 20.2 Å². The van der Waals surface area contributed by atoms with Gasteiger partial charge in [0.05, 0.1) is 16.9 Å². The molecule has 124 valence electrons. The molecule has 3 heterocycles. The molecule has 0 fully saturated rings. The first kappa shape index (κ1) is 15.7. The molecule has 0 spiro atoms. The van der Waals surface area contributed by atoms with Gasteiger partial charge in [0.2, 0.25) is 11.0 Å². The lowest BCUT2D eigenvalue weighted by Gasteiger charge is -2.02. The van der Waals surface area contributed by atoms with Crippen LogP contribution in [0.2, 0.25) is 0 Å². The highest BCUT2D eigenvalue weighted by atomic mass is 32.2. The van der Waals surface area contributed by atoms with Crippen LogP contribution in [-0.4, -0.2) is 31.8 Å². The van der Waals surface area contributed by atoms with E-state index in [0.29, 0.717) is 16.7 Å². The molecule has 24 heavy (non-hydrogen) atoms. The molecule has 1 amide bonds. The number of nitrogens with one attached hydrogen (secondary N) is 2. The molecule has 1 aliphatic carbocycles. The van der Waals surface area contributed by atoms with Crippen LogP contribution in [0.25, 0.3) is 10.2 Å². The van der Waals surface area contributed by atoms with Crippen LogP contribution in [0.3, 0.4) is 0 Å². The van der Waals surface area contributed by atoms with Gasteiger partial charge in [-0.1, -0.05) is 11.3 Å². The summed E-state index contributed by atoms with van der Waals surface area (Å²) in [5, 5.41) is 11.3. The number of thioether (sulfide) groups is 1. The summed E-state index contributed by atoms with van der Waals surface area (Å²) < 4.78 is 0. The van der Waals surface area contributed by atoms with Gasteiger partial charge in [-0.2, -0.15) is 0 Å². The molecular weight excluding hydrogens is 366 g/mol. The quantitative estimate of drug-likeness (QED) is 0.705. The van der Waals surface area contributed by atoms with E-state index in [0.717, 1.165) is 29.5 Å². The average molecular weight is 379 g/mol. The van der Waals surface area contributed by atoms with Crippen molar-refractivity contribution in [2.75, 3.05) is 11.1 Å². The number of H-pyrrole nitrogens is 1. The van der Waals surface area contributed by atoms with Gasteiger partial charge in [0.1, 0.15) is 16.2 Å². The number of aryl methyl sites for hydroxylation is 2. The number of hydrogen-bond acceptors (Lipinski definition) is 8. The Morgan fingerprint density at radius 3 is 3.17 bits per heavy atom. The summed E-state index contributed by atoms with van der Waals surface area (Å²) in [5.74, 6) is 1.22. The Bertz CT molecular complexity index is 947. The smallest absolute Gasteiger partial charge is 0.259 e. The standard InChI is InChI=1S/C14H13N5O2S3/c20-10(18-14-19-15-6-23-14)5-22-4-9-16-12(21)11-7-2-1-3-8(7)24-13(11)17-9/h6H,1-5H2,(H,16,17,21)(H,18,19,20). The lowest BCUT2D eigenvalue weighted by Crippen LogP contribution is -2.15. The molecule has 1 aliphatic rings. The fraction of sp³-hybridized carbons (Fsp3) is 0.357. The predicted molar refractivity (Wildman–Crippen MR) is 97.0 cm³/mol. The second-order valence-corrected chi connectivity index (χ2v) is 8.24. The van der Waals surface area contributed by atoms with Gasteiger partial charge in [0.15, 0.2) is 0 Å². The average Bonchev–Trinajstić information content (AvgIpc) is 3.23. The van der Waals surface area contributed by atoms with Crippen molar-refractivity contribution in [3.63, 3.8) is 0 Å². The van der Waals surface area contributed by atoms with Crippen LogP contribution in [0.5, 0.6) is 0 Å². The minimum absolute atomic E-state index is 0.0617. The largest absolute Gasteiger partial charge is 0.309 e. The highest BCUT2D eigenvalue weighted by Crippen LogP contribution is 2.34. The van der Waals surface area contributed by atoms with Gasteiger partial charge in [-0.3, -0.25) is 14.9 Å². The fourth-order valence-corrected chi connectivity index (χ4v) is 5.17. The first-order chi connectivity index (χ1) is 11.7. The van der Waals surface area contributed by atoms with Crippen LogP contribution < -0.4 is 10.9 Å². The minimum Gasteiger partial charge on any atom is -0.309 e. The lowest BCUT2D eigenvalue weighted by atomic mass is 10.2. The van der Waals surface area contributed by atoms with Crippen LogP contribution in [-0.2, 0) is 23.4 Å². The number of nitrogens with zero attached hydrogens (tertiary/aromatic N) is 3. The molecule has 0 saturated heterocycles. The minimum atomic E-state index is -0.143. The van der Waals surface area contributed by atoms with Crippen molar-refractivity contribution in [2.24, 2.45) is 0 Å². The Morgan fingerprint density at radius 1 is 1.42 bits per heavy atom. The van der Waals surface area contributed by atoms with E-state index in [9.17, 15) is 9.59 Å². The van der Waals surface area contributed by atoms with E-state index in [1.807, 2.05) is 0 Å². The van der Waals surface area contributed by atoms with Gasteiger partial charge in [-0.15, -0.1) is 33.3 Å². The van der Waals surface area contributed by atoms with E-state index >= 15 is 0 Å². The summed E-state index contributed by atoms with van der Waals surface area (Å²) in [6.07, 6.45) is 3.14. The van der Waals surface area contributed by atoms with Crippen LogP contribution in [0, 0.1) is 0 Å². The third kappa shape index (κ3) is 3.08. The molecule has 0 saturated carbocycles. The predicted octanol–water partition coefficient (Wildman–Crippen LogP) is 2.20. The fourth-order valence-electron chi connectivity index (χ4n) is 2.74. The molecule has 7 nitrogen and oxygen atoms in total. The molecule has 10 heteroatoms. The third-order valence-electron chi connectivity index (χ3n) is 3.70. The Hall–Kier alpha value is -1.78. The number of carbonyl (C=O) groups is 1. The zero-order chi connectivity index (χ0) is 16.5. The van der Waals surface area contributed by atoms with E-state index in [2.05, 4.69) is 25.5 Å². The summed E-state index contributed by atoms with van der Waals surface area (Å²) in [5.41, 5.74) is 2.68. The second-order valence-electron chi connectivity index (χ2n) is 5.33. The van der Waals surface area contributed by atoms with Crippen LogP contribution in [0.1, 0.15) is 22.7 Å². The Balaban J connectivity index is 1.42. The van der Waals surface area contributed by atoms with Gasteiger partial charge < -0.3 is 4.98 Å². The summed E-state index contributed by atoms with van der Waals surface area (Å²) >= 11 is 4.30. The molecule has 3 aromatic rings. The third-order valence-corrected chi connectivity index (χ3v) is 6.44. The molecule has 0 aliphatic heterocycles. The SMILES string of the molecule is O=C(CSCc1nc2sc3c(c2c(=O)[nH]1)CCC3)Nc1nncs1. The summed E-state index contributed by atoms with van der Waals surface area (Å²) in [6, 6.07) is 0. The van der Waals surface area contributed by atoms with Crippen molar-refractivity contribution in [3.05, 3.63) is 32.1 Å². The molecule has 0 atom stereocenters. The number of thiophene rings is 1. The number of fused-ring (bicyclic) bond motifs is 3. The van der Waals surface area contributed by atoms with Crippen LogP contribution in [0.4, 0.5) is 5.13 Å². The van der Waals surface area contributed by atoms with Crippen molar-refractivity contribution in [3.8, 4) is 0 Å². The molecule has 3 aromatic heterocycles. The van der Waals surface area contributed by atoms with Crippen molar-refractivity contribution < 1.29 is 4.79 Å². The van der Waals surface area contributed by atoms with Gasteiger partial charge in [0, 0.05) is 4.88 Å². The van der Waals surface area contributed by atoms with Gasteiger partial charge in [0.25, 0.3) is 5.56 Å². The normalized spacial score (nSPS) is 13.3. The van der Waals surface area contributed by atoms with E-state index in [1.165, 1.54) is 33.5 Å². The zero-order valence-electron chi connectivity index (χ0n) is 12.5. The number of carbonyl (C=O) groups excluding carboxylic acids is 1. The van der Waals surface area contributed by atoms with Gasteiger partial charge in [-0.05, 0) is 24.8 Å². The topological polar surface area (TPSA) is 101 Å². The molecule has 4 rings (SSSR count). The maximum absolute atomic E-state index is 12.3. The Morgan fingerprint density at radius 2 is 2.33 bits per heavy atom. The monoisotopic (exact) mass is 379 g/mol. The summed E-state index contributed by atoms with van der Waals surface area (Å²) in [6.45, 7) is 0. The molecule has 0 radical (unpaired) electrons. The highest BCUT2D eigenvalue weighted by Gasteiger charge is 2.21. The summed E-state index contributed by atoms with van der Waals surface area (Å²) in [7, 11) is 0. The van der Waals surface area contributed by atoms with E-state index < -0.39 is 0 Å². The lowest BCUT2D eigenvalue weighted by molar-refractivity contribution is -0.113. The van der Waals surface area contributed by atoms with Crippen molar-refractivity contribution >= 4 is 55.7 Å². The molecular formula is C14H13N5O2S3. The number of amides is 1. The first-order valence-corrected chi connectivity index (χ1v) is 10.2. The number of anilines is 1. The maximum atomic E-state index is 12.3. The second kappa shape index (κ2) is 6.61. The van der Waals surface area contributed by atoms with Crippen LogP contribution >= 0.6 is 34.4 Å². The highest BCUT2D eigenvalue weighted by molar-refractivity contribution is 7.99. The van der Waals surface area contributed by atoms with E-state index in [-0.39, 0.29) is 17.2 Å². The number of hydrogen-bond donors (Lipinski definition) is 2. The molecule has 0 aromatic carbocycles. The Labute approximate surface area is 148 Å². The van der Waals surface area contributed by atoms with E-state index in [4.69, 9.17) is 0 Å². The molecule has 0 unspecified atom stereocenters. The van der Waals surface area contributed by atoms with Crippen molar-refractivity contribution in [2.45, 2.75) is 25.0 Å². The zero-order valence-corrected chi connectivity index (χ0v) is 14.9. The number of aromatic nitrogens is 4. The van der Waals surface area contributed by atoms with Gasteiger partial charge >= 0.3 is 0 Å². The van der Waals surface area contributed by atoms with Crippen molar-refractivity contribution in [1.29, 1.82) is 0 Å². The molecule has 2 N–H and O–H groups in total. The Kier molecular flexibility index (Phi) is 4.33. The number of rotatable bonds is 5. The number of aromatic amines is 1. The summed E-state index contributed by atoms with van der Waals surface area (Å²) in [4.78, 5) is 33.7.